The molecule has 9 heteroatoms. The molecule has 0 unspecified atom stereocenters. The molecule has 1 amide bonds. The number of nitrogens with one attached hydrogen (secondary N) is 1. The van der Waals surface area contributed by atoms with Crippen LogP contribution in [0.4, 0.5) is 5.95 Å². The summed E-state index contributed by atoms with van der Waals surface area (Å²) in [7, 11) is 0. The van der Waals surface area contributed by atoms with Crippen LogP contribution in [0, 0.1) is 5.92 Å². The summed E-state index contributed by atoms with van der Waals surface area (Å²) in [5.41, 5.74) is 1.41. The van der Waals surface area contributed by atoms with Gasteiger partial charge in [0, 0.05) is 24.1 Å². The molecular formula is C26H25Cl2N5O2. The minimum Gasteiger partial charge on any atom is -0.379 e. The van der Waals surface area contributed by atoms with Gasteiger partial charge >= 0.3 is 0 Å². The van der Waals surface area contributed by atoms with Crippen LogP contribution in [0.15, 0.2) is 48.7 Å². The third-order valence-electron chi connectivity index (χ3n) is 6.94. The Bertz CT molecular complexity index is 1410. The first-order valence-electron chi connectivity index (χ1n) is 11.9. The predicted molar refractivity (Wildman–Crippen MR) is 139 cm³/mol. The average molecular weight is 510 g/mol. The van der Waals surface area contributed by atoms with E-state index in [1.165, 1.54) is 0 Å². The van der Waals surface area contributed by atoms with E-state index in [9.17, 15) is 4.79 Å². The molecule has 0 saturated carbocycles. The topological polar surface area (TPSA) is 72.3 Å². The molecule has 4 aromatic rings. The van der Waals surface area contributed by atoms with Gasteiger partial charge in [0.25, 0.3) is 0 Å². The van der Waals surface area contributed by atoms with Gasteiger partial charge in [-0.15, -0.1) is 0 Å². The minimum atomic E-state index is -0.0978. The number of rotatable bonds is 4. The number of halogens is 2. The number of carbonyl (C=O) groups excluding carboxylic acids is 1. The minimum absolute atomic E-state index is 0.0677. The van der Waals surface area contributed by atoms with Gasteiger partial charge in [0.05, 0.1) is 33.7 Å². The first-order chi connectivity index (χ1) is 17.1. The molecule has 7 nitrogen and oxygen atoms in total. The van der Waals surface area contributed by atoms with E-state index >= 15 is 0 Å². The van der Waals surface area contributed by atoms with Crippen molar-refractivity contribution >= 4 is 56.9 Å². The molecule has 4 heterocycles. The molecule has 2 aliphatic heterocycles. The van der Waals surface area contributed by atoms with Gasteiger partial charge < -0.3 is 10.1 Å². The Morgan fingerprint density at radius 1 is 1.06 bits per heavy atom. The molecule has 2 saturated heterocycles. The Balaban J connectivity index is 1.57. The van der Waals surface area contributed by atoms with Gasteiger partial charge in [-0.1, -0.05) is 47.5 Å². The molecule has 180 valence electrons. The molecule has 2 fully saturated rings. The van der Waals surface area contributed by atoms with Crippen LogP contribution < -0.4 is 10.2 Å². The zero-order valence-electron chi connectivity index (χ0n) is 19.1. The monoisotopic (exact) mass is 509 g/mol. The number of amides is 1. The lowest BCUT2D eigenvalue weighted by atomic mass is 9.96. The molecule has 0 bridgehead atoms. The maximum Gasteiger partial charge on any atom is 0.232 e. The maximum atomic E-state index is 14.0. The van der Waals surface area contributed by atoms with Crippen molar-refractivity contribution in [1.82, 2.24) is 19.9 Å². The van der Waals surface area contributed by atoms with E-state index in [0.29, 0.717) is 40.5 Å². The first kappa shape index (κ1) is 22.7. The van der Waals surface area contributed by atoms with Crippen molar-refractivity contribution < 1.29 is 9.53 Å². The molecule has 0 spiro atoms. The Hall–Kier alpha value is -2.71. The lowest BCUT2D eigenvalue weighted by Crippen LogP contribution is -2.47. The van der Waals surface area contributed by atoms with Crippen molar-refractivity contribution in [3.05, 3.63) is 58.7 Å². The lowest BCUT2D eigenvalue weighted by molar-refractivity contribution is -0.123. The van der Waals surface area contributed by atoms with E-state index in [2.05, 4.69) is 5.32 Å². The Kier molecular flexibility index (Phi) is 6.10. The van der Waals surface area contributed by atoms with Crippen LogP contribution in [0.2, 0.25) is 10.0 Å². The largest absolute Gasteiger partial charge is 0.379 e. The van der Waals surface area contributed by atoms with Crippen LogP contribution in [0.5, 0.6) is 0 Å². The van der Waals surface area contributed by atoms with Gasteiger partial charge in [-0.05, 0) is 55.9 Å². The SMILES string of the molecule is O=C(C1CCNCC1)N(c1nc2cc(Cl)c(Cl)cc2n1-c1cc2ccccc2cn1)[C@@H]1CCOC1. The fourth-order valence-electron chi connectivity index (χ4n) is 5.07. The zero-order valence-corrected chi connectivity index (χ0v) is 20.6. The summed E-state index contributed by atoms with van der Waals surface area (Å²) in [6.07, 6.45) is 4.20. The second-order valence-corrected chi connectivity index (χ2v) is 9.96. The second-order valence-electron chi connectivity index (χ2n) is 9.14. The van der Waals surface area contributed by atoms with Crippen molar-refractivity contribution in [3.63, 3.8) is 0 Å². The highest BCUT2D eigenvalue weighted by atomic mass is 35.5. The van der Waals surface area contributed by atoms with Crippen molar-refractivity contribution in [2.24, 2.45) is 5.92 Å². The summed E-state index contributed by atoms with van der Waals surface area (Å²) >= 11 is 12.8. The average Bonchev–Trinajstić information content (AvgIpc) is 3.53. The summed E-state index contributed by atoms with van der Waals surface area (Å²) in [5, 5.41) is 6.28. The van der Waals surface area contributed by atoms with E-state index < -0.39 is 0 Å². The number of hydrogen-bond donors (Lipinski definition) is 1. The van der Waals surface area contributed by atoms with Crippen LogP contribution >= 0.6 is 23.2 Å². The zero-order chi connectivity index (χ0) is 23.9. The molecule has 0 radical (unpaired) electrons. The summed E-state index contributed by atoms with van der Waals surface area (Å²) in [5.74, 6) is 1.21. The highest BCUT2D eigenvalue weighted by molar-refractivity contribution is 6.42. The number of anilines is 1. The molecule has 2 aromatic heterocycles. The number of fused-ring (bicyclic) bond motifs is 2. The van der Waals surface area contributed by atoms with E-state index in [4.69, 9.17) is 37.9 Å². The van der Waals surface area contributed by atoms with Crippen LogP contribution in [-0.4, -0.2) is 52.8 Å². The molecule has 6 rings (SSSR count). The van der Waals surface area contributed by atoms with Gasteiger partial charge in [-0.2, -0.15) is 0 Å². The smallest absolute Gasteiger partial charge is 0.232 e. The summed E-state index contributed by atoms with van der Waals surface area (Å²) in [6, 6.07) is 13.5. The highest BCUT2D eigenvalue weighted by Gasteiger charge is 2.37. The van der Waals surface area contributed by atoms with Crippen molar-refractivity contribution in [2.75, 3.05) is 31.2 Å². The number of benzene rings is 2. The second kappa shape index (κ2) is 9.39. The fourth-order valence-corrected chi connectivity index (χ4v) is 5.39. The van der Waals surface area contributed by atoms with Gasteiger partial charge in [0.15, 0.2) is 0 Å². The summed E-state index contributed by atoms with van der Waals surface area (Å²) in [4.78, 5) is 25.6. The number of nitrogens with zero attached hydrogens (tertiary/aromatic N) is 4. The fraction of sp³-hybridized carbons (Fsp3) is 0.346. The Morgan fingerprint density at radius 3 is 2.60 bits per heavy atom. The van der Waals surface area contributed by atoms with Crippen LogP contribution in [0.25, 0.3) is 27.6 Å². The summed E-state index contributed by atoms with van der Waals surface area (Å²) < 4.78 is 7.64. The first-order valence-corrected chi connectivity index (χ1v) is 12.7. The number of pyridine rings is 1. The normalized spacial score (nSPS) is 19.0. The number of aromatic nitrogens is 3. The molecule has 35 heavy (non-hydrogen) atoms. The lowest BCUT2D eigenvalue weighted by Gasteiger charge is -2.32. The van der Waals surface area contributed by atoms with Gasteiger partial charge in [0.1, 0.15) is 5.82 Å². The molecule has 2 aromatic carbocycles. The number of imidazole rings is 1. The molecule has 1 atom stereocenters. The highest BCUT2D eigenvalue weighted by Crippen LogP contribution is 2.35. The standard InChI is InChI=1S/C26H25Cl2N5O2/c27-20-12-22-23(13-21(20)28)33(24-11-17-3-1-2-4-18(17)14-30-24)26(31-22)32(19-7-10-35-15-19)25(34)16-5-8-29-9-6-16/h1-4,11-14,16,19,29H,5-10,15H2/t19-/m1/s1. The molecule has 0 aliphatic carbocycles. The predicted octanol–water partition coefficient (Wildman–Crippen LogP) is 5.00. The van der Waals surface area contributed by atoms with E-state index in [1.54, 1.807) is 12.1 Å². The van der Waals surface area contributed by atoms with Crippen LogP contribution in [-0.2, 0) is 9.53 Å². The third-order valence-corrected chi connectivity index (χ3v) is 7.66. The maximum absolute atomic E-state index is 14.0. The molecule has 2 aliphatic rings. The molecular weight excluding hydrogens is 485 g/mol. The van der Waals surface area contributed by atoms with Crippen molar-refractivity contribution in [1.29, 1.82) is 0 Å². The van der Waals surface area contributed by atoms with Crippen LogP contribution in [0.1, 0.15) is 19.3 Å². The summed E-state index contributed by atoms with van der Waals surface area (Å²) in [6.45, 7) is 2.76. The van der Waals surface area contributed by atoms with Gasteiger partial charge in [-0.25, -0.2) is 9.97 Å². The number of piperidine rings is 1. The number of ether oxygens (including phenoxy) is 1. The van der Waals surface area contributed by atoms with Gasteiger partial charge in [0.2, 0.25) is 11.9 Å². The van der Waals surface area contributed by atoms with Crippen LogP contribution in [0.3, 0.4) is 0 Å². The number of hydrogen-bond acceptors (Lipinski definition) is 5. The van der Waals surface area contributed by atoms with E-state index in [1.807, 2.05) is 46.0 Å². The molecule has 1 N–H and O–H groups in total. The Labute approximate surface area is 213 Å². The quantitative estimate of drug-likeness (QED) is 0.418. The number of carbonyl (C=O) groups is 1. The third kappa shape index (κ3) is 4.16. The van der Waals surface area contributed by atoms with E-state index in [-0.39, 0.29) is 17.9 Å². The Morgan fingerprint density at radius 2 is 1.83 bits per heavy atom. The van der Waals surface area contributed by atoms with E-state index in [0.717, 1.165) is 48.6 Å². The van der Waals surface area contributed by atoms with Crippen molar-refractivity contribution in [2.45, 2.75) is 25.3 Å². The van der Waals surface area contributed by atoms with Gasteiger partial charge in [-0.3, -0.25) is 14.3 Å². The van der Waals surface area contributed by atoms with Crippen molar-refractivity contribution in [3.8, 4) is 5.82 Å².